The molecule has 2 aliphatic rings. The predicted molar refractivity (Wildman–Crippen MR) is 148 cm³/mol. The van der Waals surface area contributed by atoms with Gasteiger partial charge in [-0.2, -0.15) is 0 Å². The van der Waals surface area contributed by atoms with Gasteiger partial charge in [0.2, 0.25) is 5.91 Å². The van der Waals surface area contributed by atoms with E-state index < -0.39 is 0 Å². The number of hydrogen-bond donors (Lipinski definition) is 2. The van der Waals surface area contributed by atoms with Gasteiger partial charge in [0.05, 0.1) is 5.69 Å². The lowest BCUT2D eigenvalue weighted by molar-refractivity contribution is -0.121. The van der Waals surface area contributed by atoms with Crippen molar-refractivity contribution >= 4 is 46.5 Å². The fourth-order valence-corrected chi connectivity index (χ4v) is 5.56. The predicted octanol–water partition coefficient (Wildman–Crippen LogP) is 6.42. The van der Waals surface area contributed by atoms with E-state index in [1.807, 2.05) is 80.6 Å². The Morgan fingerprint density at radius 2 is 1.54 bits per heavy atom. The molecule has 0 unspecified atom stereocenters. The maximum Gasteiger partial charge on any atom is 0.283 e. The fourth-order valence-electron chi connectivity index (χ4n) is 4.64. The molecule has 0 spiro atoms. The molecule has 1 heterocycles. The van der Waals surface area contributed by atoms with E-state index in [9.17, 15) is 14.4 Å². The first-order valence-corrected chi connectivity index (χ1v) is 13.3. The van der Waals surface area contributed by atoms with E-state index >= 15 is 0 Å². The molecule has 3 aromatic rings. The molecule has 37 heavy (non-hydrogen) atoms. The Bertz CT molecular complexity index is 1380. The van der Waals surface area contributed by atoms with E-state index in [1.54, 1.807) is 6.07 Å². The highest BCUT2D eigenvalue weighted by atomic mass is 32.2. The maximum absolute atomic E-state index is 13.6. The zero-order valence-corrected chi connectivity index (χ0v) is 21.7. The van der Waals surface area contributed by atoms with E-state index in [2.05, 4.69) is 10.6 Å². The van der Waals surface area contributed by atoms with Crippen LogP contribution in [0.15, 0.2) is 88.3 Å². The van der Waals surface area contributed by atoms with Crippen LogP contribution in [0.3, 0.4) is 0 Å². The Labute approximate surface area is 221 Å². The molecule has 0 bridgehead atoms. The van der Waals surface area contributed by atoms with Crippen molar-refractivity contribution in [1.29, 1.82) is 0 Å². The molecule has 3 amide bonds. The van der Waals surface area contributed by atoms with Crippen molar-refractivity contribution in [1.82, 2.24) is 0 Å². The summed E-state index contributed by atoms with van der Waals surface area (Å²) in [7, 11) is 0. The van der Waals surface area contributed by atoms with Gasteiger partial charge in [-0.1, -0.05) is 48.9 Å². The smallest absolute Gasteiger partial charge is 0.283 e. The third-order valence-electron chi connectivity index (χ3n) is 6.90. The average Bonchev–Trinajstić information content (AvgIpc) is 3.52. The van der Waals surface area contributed by atoms with Crippen LogP contribution in [0, 0.1) is 19.8 Å². The first-order chi connectivity index (χ1) is 17.9. The zero-order chi connectivity index (χ0) is 25.9. The Kier molecular flexibility index (Phi) is 7.15. The van der Waals surface area contributed by atoms with Crippen LogP contribution in [0.1, 0.15) is 36.8 Å². The van der Waals surface area contributed by atoms with Crippen molar-refractivity contribution in [2.45, 2.75) is 44.4 Å². The van der Waals surface area contributed by atoms with Crippen molar-refractivity contribution in [2.75, 3.05) is 15.5 Å². The molecule has 0 aromatic heterocycles. The number of thioether (sulfide) groups is 1. The van der Waals surface area contributed by atoms with Gasteiger partial charge >= 0.3 is 0 Å². The summed E-state index contributed by atoms with van der Waals surface area (Å²) in [5.41, 5.74) is 4.34. The second kappa shape index (κ2) is 10.6. The monoisotopic (exact) mass is 511 g/mol. The lowest BCUT2D eigenvalue weighted by Crippen LogP contribution is -2.32. The molecular weight excluding hydrogens is 482 g/mol. The molecule has 1 aliphatic carbocycles. The Morgan fingerprint density at radius 3 is 2.22 bits per heavy atom. The van der Waals surface area contributed by atoms with Crippen LogP contribution < -0.4 is 15.5 Å². The van der Waals surface area contributed by atoms with Crippen LogP contribution in [0.25, 0.3) is 0 Å². The second-order valence-electron chi connectivity index (χ2n) is 9.51. The Morgan fingerprint density at radius 1 is 0.838 bits per heavy atom. The molecule has 6 nitrogen and oxygen atoms in total. The van der Waals surface area contributed by atoms with Gasteiger partial charge in [-0.3, -0.25) is 14.4 Å². The summed E-state index contributed by atoms with van der Waals surface area (Å²) in [6, 6.07) is 22.3. The largest absolute Gasteiger partial charge is 0.350 e. The minimum Gasteiger partial charge on any atom is -0.350 e. The summed E-state index contributed by atoms with van der Waals surface area (Å²) in [6.07, 6.45) is 4.10. The number of benzene rings is 3. The summed E-state index contributed by atoms with van der Waals surface area (Å²) in [5.74, 6) is -0.602. The van der Waals surface area contributed by atoms with E-state index in [0.717, 1.165) is 53.1 Å². The van der Waals surface area contributed by atoms with E-state index in [1.165, 1.54) is 16.7 Å². The minimum atomic E-state index is -0.389. The highest BCUT2D eigenvalue weighted by molar-refractivity contribution is 8.04. The molecule has 3 aromatic carbocycles. The van der Waals surface area contributed by atoms with Crippen LogP contribution >= 0.6 is 11.8 Å². The van der Waals surface area contributed by atoms with Crippen LogP contribution in [0.2, 0.25) is 0 Å². The molecule has 0 saturated heterocycles. The van der Waals surface area contributed by atoms with Gasteiger partial charge in [0.25, 0.3) is 11.8 Å². The summed E-state index contributed by atoms with van der Waals surface area (Å²) in [5, 5.41) is 6.17. The quantitative estimate of drug-likeness (QED) is 0.358. The fraction of sp³-hybridized carbons (Fsp3) is 0.233. The van der Waals surface area contributed by atoms with Gasteiger partial charge in [0.1, 0.15) is 10.6 Å². The molecule has 188 valence electrons. The summed E-state index contributed by atoms with van der Waals surface area (Å²) in [4.78, 5) is 42.0. The molecule has 1 saturated carbocycles. The molecular formula is C30H29N3O3S. The number of para-hydroxylation sites is 1. The number of aryl methyl sites for hydroxylation is 2. The van der Waals surface area contributed by atoms with E-state index in [-0.39, 0.29) is 29.3 Å². The van der Waals surface area contributed by atoms with Crippen molar-refractivity contribution in [3.8, 4) is 0 Å². The number of rotatable bonds is 7. The van der Waals surface area contributed by atoms with Crippen molar-refractivity contribution in [3.63, 3.8) is 0 Å². The normalized spacial score (nSPS) is 16.0. The molecule has 0 radical (unpaired) electrons. The van der Waals surface area contributed by atoms with Gasteiger partial charge in [0.15, 0.2) is 0 Å². The number of imide groups is 1. The number of nitrogens with one attached hydrogen (secondary N) is 2. The van der Waals surface area contributed by atoms with Crippen LogP contribution in [0.4, 0.5) is 17.1 Å². The number of hydrogen-bond acceptors (Lipinski definition) is 5. The summed E-state index contributed by atoms with van der Waals surface area (Å²) in [6.45, 7) is 3.96. The lowest BCUT2D eigenvalue weighted by atomic mass is 10.1. The minimum absolute atomic E-state index is 0.0653. The SMILES string of the molecule is Cc1ccc(N2C(=O)C(Nc3ccccc3)=C(Sc3ccc(NC(=O)C4CCCC4)cc3)C2=O)cc1C. The molecule has 1 aliphatic heterocycles. The first kappa shape index (κ1) is 24.8. The van der Waals surface area contributed by atoms with Crippen molar-refractivity contribution in [3.05, 3.63) is 94.5 Å². The second-order valence-corrected chi connectivity index (χ2v) is 10.6. The van der Waals surface area contributed by atoms with Crippen LogP contribution in [0.5, 0.6) is 0 Å². The number of anilines is 3. The zero-order valence-electron chi connectivity index (χ0n) is 20.9. The number of nitrogens with zero attached hydrogens (tertiary/aromatic N) is 1. The van der Waals surface area contributed by atoms with Gasteiger partial charge in [-0.15, -0.1) is 0 Å². The molecule has 7 heteroatoms. The third kappa shape index (κ3) is 5.32. The van der Waals surface area contributed by atoms with E-state index in [0.29, 0.717) is 10.6 Å². The summed E-state index contributed by atoms with van der Waals surface area (Å²) < 4.78 is 0. The highest BCUT2D eigenvalue weighted by Gasteiger charge is 2.40. The maximum atomic E-state index is 13.6. The number of carbonyl (C=O) groups excluding carboxylic acids is 3. The number of amides is 3. The Hall–Kier alpha value is -3.84. The van der Waals surface area contributed by atoms with Gasteiger partial charge in [0, 0.05) is 22.2 Å². The van der Waals surface area contributed by atoms with Gasteiger partial charge in [-0.25, -0.2) is 4.90 Å². The van der Waals surface area contributed by atoms with Crippen molar-refractivity contribution < 1.29 is 14.4 Å². The van der Waals surface area contributed by atoms with Gasteiger partial charge in [-0.05, 0) is 86.3 Å². The average molecular weight is 512 g/mol. The highest BCUT2D eigenvalue weighted by Crippen LogP contribution is 2.38. The van der Waals surface area contributed by atoms with Crippen molar-refractivity contribution in [2.24, 2.45) is 5.92 Å². The van der Waals surface area contributed by atoms with Gasteiger partial charge < -0.3 is 10.6 Å². The number of carbonyl (C=O) groups is 3. The lowest BCUT2D eigenvalue weighted by Gasteiger charge is -2.16. The standard InChI is InChI=1S/C30H29N3O3S/c1-19-12-15-24(18-20(19)2)33-29(35)26(31-22-10-4-3-5-11-22)27(30(33)36)37-25-16-13-23(14-17-25)32-28(34)21-8-6-7-9-21/h3-5,10-18,21,31H,6-9H2,1-2H3,(H,32,34). The third-order valence-corrected chi connectivity index (χ3v) is 7.99. The van der Waals surface area contributed by atoms with Crippen LogP contribution in [-0.2, 0) is 14.4 Å². The molecule has 1 fully saturated rings. The topological polar surface area (TPSA) is 78.5 Å². The summed E-state index contributed by atoms with van der Waals surface area (Å²) >= 11 is 1.24. The Balaban J connectivity index is 1.41. The van der Waals surface area contributed by atoms with E-state index in [4.69, 9.17) is 0 Å². The van der Waals surface area contributed by atoms with Crippen LogP contribution in [-0.4, -0.2) is 17.7 Å². The molecule has 2 N–H and O–H groups in total. The molecule has 0 atom stereocenters. The first-order valence-electron chi connectivity index (χ1n) is 12.5. The molecule has 5 rings (SSSR count).